The van der Waals surface area contributed by atoms with Gasteiger partial charge in [0, 0.05) is 11.2 Å². The van der Waals surface area contributed by atoms with Gasteiger partial charge in [0.25, 0.3) is 0 Å². The lowest BCUT2D eigenvalue weighted by Gasteiger charge is -2.09. The number of carbonyl (C=O) groups is 1. The maximum Gasteiger partial charge on any atom is 0.192 e. The highest BCUT2D eigenvalue weighted by Crippen LogP contribution is 2.36. The zero-order valence-electron chi connectivity index (χ0n) is 11.4. The van der Waals surface area contributed by atoms with Crippen LogP contribution in [0.3, 0.4) is 0 Å². The maximum absolute atomic E-state index is 12.1. The molecule has 0 amide bonds. The van der Waals surface area contributed by atoms with E-state index in [0.717, 1.165) is 19.3 Å². The molecule has 20 heavy (non-hydrogen) atoms. The van der Waals surface area contributed by atoms with Crippen LogP contribution in [0.4, 0.5) is 0 Å². The van der Waals surface area contributed by atoms with Crippen molar-refractivity contribution < 1.29 is 4.79 Å². The fraction of sp³-hybridized carbons (Fsp3) is 0.278. The topological polar surface area (TPSA) is 17.1 Å². The Kier molecular flexibility index (Phi) is 4.22. The van der Waals surface area contributed by atoms with E-state index in [1.165, 1.54) is 11.1 Å². The molecule has 0 N–H and O–H groups in total. The number of hydrogen-bond acceptors (Lipinski definition) is 2. The Balaban J connectivity index is 1.61. The van der Waals surface area contributed by atoms with Crippen molar-refractivity contribution in [3.05, 3.63) is 71.8 Å². The van der Waals surface area contributed by atoms with Crippen LogP contribution in [0.5, 0.6) is 0 Å². The second kappa shape index (κ2) is 6.27. The zero-order valence-corrected chi connectivity index (χ0v) is 12.2. The maximum atomic E-state index is 12.1. The first kappa shape index (κ1) is 13.4. The van der Waals surface area contributed by atoms with Crippen molar-refractivity contribution in [1.29, 1.82) is 0 Å². The molecule has 2 aromatic rings. The van der Waals surface area contributed by atoms with Crippen LogP contribution in [-0.2, 0) is 17.6 Å². The minimum atomic E-state index is 0.191. The lowest BCUT2D eigenvalue weighted by Crippen LogP contribution is -2.09. The van der Waals surface area contributed by atoms with E-state index in [1.54, 1.807) is 11.8 Å². The van der Waals surface area contributed by atoms with Crippen molar-refractivity contribution in [1.82, 2.24) is 0 Å². The first-order valence-corrected chi connectivity index (χ1v) is 7.97. The molecular formula is C18H18OS. The Morgan fingerprint density at radius 3 is 2.00 bits per heavy atom. The first-order chi connectivity index (χ1) is 9.81. The molecule has 2 aromatic carbocycles. The second-order valence-electron chi connectivity index (χ2n) is 5.37. The predicted molar refractivity (Wildman–Crippen MR) is 84.8 cm³/mol. The zero-order chi connectivity index (χ0) is 13.8. The molecule has 0 radical (unpaired) electrons. The van der Waals surface area contributed by atoms with E-state index in [2.05, 4.69) is 36.4 Å². The summed E-state index contributed by atoms with van der Waals surface area (Å²) in [4.78, 5) is 12.1. The Labute approximate surface area is 124 Å². The molecule has 0 aromatic heterocycles. The van der Waals surface area contributed by atoms with Crippen LogP contribution in [-0.4, -0.2) is 10.4 Å². The molecule has 1 fully saturated rings. The van der Waals surface area contributed by atoms with Gasteiger partial charge in [0.1, 0.15) is 0 Å². The molecule has 0 unspecified atom stereocenters. The van der Waals surface area contributed by atoms with Crippen molar-refractivity contribution in [3.63, 3.8) is 0 Å². The summed E-state index contributed by atoms with van der Waals surface area (Å²) in [6.07, 6.45) is 2.90. The number of rotatable bonds is 4. The summed E-state index contributed by atoms with van der Waals surface area (Å²) in [6, 6.07) is 20.8. The Hall–Kier alpha value is -1.54. The lowest BCUT2D eigenvalue weighted by molar-refractivity contribution is -0.113. The van der Waals surface area contributed by atoms with Crippen LogP contribution in [0.25, 0.3) is 0 Å². The quantitative estimate of drug-likeness (QED) is 0.839. The molecule has 2 heteroatoms. The molecule has 102 valence electrons. The minimum absolute atomic E-state index is 0.191. The average molecular weight is 282 g/mol. The van der Waals surface area contributed by atoms with Gasteiger partial charge in [-0.05, 0) is 30.4 Å². The van der Waals surface area contributed by atoms with Crippen LogP contribution in [0, 0.1) is 5.92 Å². The summed E-state index contributed by atoms with van der Waals surface area (Å²) in [5.74, 6) is 0.191. The van der Waals surface area contributed by atoms with Crippen LogP contribution in [0.1, 0.15) is 17.5 Å². The van der Waals surface area contributed by atoms with Gasteiger partial charge in [-0.1, -0.05) is 72.4 Å². The largest absolute Gasteiger partial charge is 0.287 e. The third kappa shape index (κ3) is 3.31. The molecule has 0 saturated carbocycles. The van der Waals surface area contributed by atoms with E-state index in [4.69, 9.17) is 0 Å². The Morgan fingerprint density at radius 1 is 0.850 bits per heavy atom. The number of benzene rings is 2. The molecule has 0 aliphatic carbocycles. The fourth-order valence-electron chi connectivity index (χ4n) is 2.79. The number of thioether (sulfide) groups is 1. The molecule has 2 atom stereocenters. The van der Waals surface area contributed by atoms with Gasteiger partial charge in [-0.25, -0.2) is 0 Å². The summed E-state index contributed by atoms with van der Waals surface area (Å²) in [5.41, 5.74) is 2.60. The molecular weight excluding hydrogens is 264 g/mol. The molecule has 0 spiro atoms. The van der Waals surface area contributed by atoms with Crippen molar-refractivity contribution in [2.75, 3.05) is 0 Å². The third-order valence-corrected chi connectivity index (χ3v) is 5.05. The van der Waals surface area contributed by atoms with Crippen LogP contribution in [0.15, 0.2) is 60.7 Å². The number of carbonyl (C=O) groups excluding carboxylic acids is 1. The summed E-state index contributed by atoms with van der Waals surface area (Å²) >= 11 is 1.55. The van der Waals surface area contributed by atoms with Gasteiger partial charge in [0.2, 0.25) is 0 Å². The molecule has 1 heterocycles. The van der Waals surface area contributed by atoms with E-state index >= 15 is 0 Å². The van der Waals surface area contributed by atoms with Crippen molar-refractivity contribution in [2.45, 2.75) is 24.5 Å². The highest BCUT2D eigenvalue weighted by atomic mass is 32.2. The first-order valence-electron chi connectivity index (χ1n) is 7.09. The van der Waals surface area contributed by atoms with Crippen molar-refractivity contribution >= 4 is 16.9 Å². The summed E-state index contributed by atoms with van der Waals surface area (Å²) in [7, 11) is 0. The van der Waals surface area contributed by atoms with E-state index < -0.39 is 0 Å². The SMILES string of the molecule is O=C1S[C@@H](Cc2ccccc2)C[C@@H]1Cc1ccccc1. The lowest BCUT2D eigenvalue weighted by atomic mass is 9.94. The molecule has 1 saturated heterocycles. The fourth-order valence-corrected chi connectivity index (χ4v) is 4.09. The molecule has 1 aliphatic rings. The Bertz CT molecular complexity index is 564. The number of hydrogen-bond donors (Lipinski definition) is 0. The van der Waals surface area contributed by atoms with Crippen molar-refractivity contribution in [3.8, 4) is 0 Å². The molecule has 3 rings (SSSR count). The highest BCUT2D eigenvalue weighted by Gasteiger charge is 2.33. The smallest absolute Gasteiger partial charge is 0.192 e. The highest BCUT2D eigenvalue weighted by molar-refractivity contribution is 8.14. The van der Waals surface area contributed by atoms with Crippen LogP contribution < -0.4 is 0 Å². The standard InChI is InChI=1S/C18H18OS/c19-18-16(11-14-7-3-1-4-8-14)13-17(20-18)12-15-9-5-2-6-10-15/h1-10,16-17H,11-13H2/t16-,17-/m0/s1. The summed E-state index contributed by atoms with van der Waals surface area (Å²) < 4.78 is 0. The van der Waals surface area contributed by atoms with E-state index in [0.29, 0.717) is 10.4 Å². The van der Waals surface area contributed by atoms with Gasteiger partial charge in [-0.3, -0.25) is 4.79 Å². The summed E-state index contributed by atoms with van der Waals surface area (Å²) in [5, 5.41) is 0.813. The van der Waals surface area contributed by atoms with Crippen LogP contribution >= 0.6 is 11.8 Å². The second-order valence-corrected chi connectivity index (χ2v) is 6.68. The van der Waals surface area contributed by atoms with Gasteiger partial charge >= 0.3 is 0 Å². The summed E-state index contributed by atoms with van der Waals surface area (Å²) in [6.45, 7) is 0. The van der Waals surface area contributed by atoms with E-state index in [1.807, 2.05) is 24.3 Å². The van der Waals surface area contributed by atoms with Gasteiger partial charge in [0.05, 0.1) is 0 Å². The van der Waals surface area contributed by atoms with Gasteiger partial charge < -0.3 is 0 Å². The third-order valence-electron chi connectivity index (χ3n) is 3.79. The molecule has 1 nitrogen and oxygen atoms in total. The monoisotopic (exact) mass is 282 g/mol. The van der Waals surface area contributed by atoms with Crippen LogP contribution in [0.2, 0.25) is 0 Å². The van der Waals surface area contributed by atoms with Crippen molar-refractivity contribution in [2.24, 2.45) is 5.92 Å². The Morgan fingerprint density at radius 2 is 1.40 bits per heavy atom. The molecule has 0 bridgehead atoms. The van der Waals surface area contributed by atoms with E-state index in [9.17, 15) is 4.79 Å². The minimum Gasteiger partial charge on any atom is -0.287 e. The van der Waals surface area contributed by atoms with E-state index in [-0.39, 0.29) is 5.92 Å². The average Bonchev–Trinajstić information content (AvgIpc) is 2.81. The van der Waals surface area contributed by atoms with Gasteiger partial charge in [-0.2, -0.15) is 0 Å². The normalized spacial score (nSPS) is 22.1. The van der Waals surface area contributed by atoms with Gasteiger partial charge in [-0.15, -0.1) is 0 Å². The van der Waals surface area contributed by atoms with Gasteiger partial charge in [0.15, 0.2) is 5.12 Å². The molecule has 1 aliphatic heterocycles. The predicted octanol–water partition coefficient (Wildman–Crippen LogP) is 4.12.